The van der Waals surface area contributed by atoms with Crippen molar-refractivity contribution in [1.29, 1.82) is 0 Å². The number of fused-ring (bicyclic) bond motifs is 1. The highest BCUT2D eigenvalue weighted by Gasteiger charge is 2.29. The van der Waals surface area contributed by atoms with Crippen molar-refractivity contribution in [1.82, 2.24) is 4.31 Å². The first-order valence-electron chi connectivity index (χ1n) is 10.00. The Morgan fingerprint density at radius 3 is 2.48 bits per heavy atom. The van der Waals surface area contributed by atoms with E-state index >= 15 is 0 Å². The van der Waals surface area contributed by atoms with Crippen LogP contribution in [0.5, 0.6) is 5.75 Å². The Bertz CT molecular complexity index is 1210. The van der Waals surface area contributed by atoms with Crippen LogP contribution in [0.3, 0.4) is 0 Å². The summed E-state index contributed by atoms with van der Waals surface area (Å²) < 4.78 is 33.2. The molecule has 0 atom stereocenters. The summed E-state index contributed by atoms with van der Waals surface area (Å²) in [6.45, 7) is 0.782. The van der Waals surface area contributed by atoms with E-state index in [1.807, 2.05) is 54.6 Å². The first kappa shape index (κ1) is 21.1. The smallest absolute Gasteiger partial charge is 0.258 e. The van der Waals surface area contributed by atoms with Crippen LogP contribution in [-0.2, 0) is 23.0 Å². The number of methoxy groups -OCH3 is 1. The lowest BCUT2D eigenvalue weighted by Crippen LogP contribution is -2.30. The van der Waals surface area contributed by atoms with E-state index in [9.17, 15) is 13.2 Å². The Morgan fingerprint density at radius 1 is 1.03 bits per heavy atom. The van der Waals surface area contributed by atoms with Gasteiger partial charge in [0.15, 0.2) is 0 Å². The van der Waals surface area contributed by atoms with Crippen molar-refractivity contribution >= 4 is 21.6 Å². The SMILES string of the molecule is COc1ccc(C(=O)N2CCc3ccccc32)cc1S(=O)(=O)N(C)Cc1ccccc1. The van der Waals surface area contributed by atoms with Crippen molar-refractivity contribution in [3.8, 4) is 5.75 Å². The predicted molar refractivity (Wildman–Crippen MR) is 120 cm³/mol. The molecule has 1 aliphatic heterocycles. The van der Waals surface area contributed by atoms with E-state index in [0.29, 0.717) is 12.1 Å². The molecule has 7 heteroatoms. The number of anilines is 1. The van der Waals surface area contributed by atoms with Crippen molar-refractivity contribution < 1.29 is 17.9 Å². The summed E-state index contributed by atoms with van der Waals surface area (Å²) in [7, 11) is -0.941. The fourth-order valence-corrected chi connectivity index (χ4v) is 5.15. The van der Waals surface area contributed by atoms with E-state index in [-0.39, 0.29) is 23.1 Å². The number of ether oxygens (including phenoxy) is 1. The molecule has 0 radical (unpaired) electrons. The number of rotatable bonds is 6. The molecule has 160 valence electrons. The number of amides is 1. The zero-order valence-electron chi connectivity index (χ0n) is 17.5. The number of carbonyl (C=O) groups is 1. The lowest BCUT2D eigenvalue weighted by molar-refractivity contribution is 0.0989. The summed E-state index contributed by atoms with van der Waals surface area (Å²) in [6, 6.07) is 21.7. The summed E-state index contributed by atoms with van der Waals surface area (Å²) in [4.78, 5) is 14.9. The molecule has 3 aromatic rings. The first-order chi connectivity index (χ1) is 14.9. The van der Waals surface area contributed by atoms with Crippen molar-refractivity contribution in [3.05, 3.63) is 89.5 Å². The molecule has 1 amide bonds. The van der Waals surface area contributed by atoms with Gasteiger partial charge in [-0.05, 0) is 41.8 Å². The summed E-state index contributed by atoms with van der Waals surface area (Å²) in [5.41, 5.74) is 3.16. The van der Waals surface area contributed by atoms with Gasteiger partial charge in [0, 0.05) is 31.4 Å². The fourth-order valence-electron chi connectivity index (χ4n) is 3.81. The Balaban J connectivity index is 1.67. The van der Waals surface area contributed by atoms with Gasteiger partial charge in [0.1, 0.15) is 10.6 Å². The third kappa shape index (κ3) is 4.06. The summed E-state index contributed by atoms with van der Waals surface area (Å²) in [5.74, 6) is -0.0203. The van der Waals surface area contributed by atoms with Gasteiger partial charge < -0.3 is 9.64 Å². The molecule has 4 rings (SSSR count). The second-order valence-electron chi connectivity index (χ2n) is 7.45. The van der Waals surface area contributed by atoms with E-state index in [4.69, 9.17) is 4.74 Å². The van der Waals surface area contributed by atoms with Gasteiger partial charge in [-0.3, -0.25) is 4.79 Å². The molecule has 0 saturated heterocycles. The Hall–Kier alpha value is -3.16. The number of para-hydroxylation sites is 1. The Kier molecular flexibility index (Phi) is 5.80. The van der Waals surface area contributed by atoms with Crippen LogP contribution in [0.2, 0.25) is 0 Å². The number of carbonyl (C=O) groups excluding carboxylic acids is 1. The van der Waals surface area contributed by atoms with Crippen molar-refractivity contribution in [2.24, 2.45) is 0 Å². The molecule has 0 aromatic heterocycles. The van der Waals surface area contributed by atoms with Crippen LogP contribution in [0, 0.1) is 0 Å². The zero-order valence-corrected chi connectivity index (χ0v) is 18.3. The van der Waals surface area contributed by atoms with Gasteiger partial charge in [-0.15, -0.1) is 0 Å². The quantitative estimate of drug-likeness (QED) is 0.591. The average Bonchev–Trinajstić information content (AvgIpc) is 3.23. The summed E-state index contributed by atoms with van der Waals surface area (Å²) >= 11 is 0. The number of benzene rings is 3. The van der Waals surface area contributed by atoms with Crippen LogP contribution in [0.15, 0.2) is 77.7 Å². The maximum absolute atomic E-state index is 13.3. The molecule has 0 saturated carbocycles. The molecule has 6 nitrogen and oxygen atoms in total. The topological polar surface area (TPSA) is 66.9 Å². The van der Waals surface area contributed by atoms with Crippen LogP contribution in [0.4, 0.5) is 5.69 Å². The fraction of sp³-hybridized carbons (Fsp3) is 0.208. The molecule has 0 fully saturated rings. The minimum atomic E-state index is -3.88. The van der Waals surface area contributed by atoms with Gasteiger partial charge in [-0.1, -0.05) is 48.5 Å². The molecule has 3 aromatic carbocycles. The number of hydrogen-bond donors (Lipinski definition) is 0. The molecule has 0 bridgehead atoms. The van der Waals surface area contributed by atoms with Gasteiger partial charge in [0.05, 0.1) is 7.11 Å². The van der Waals surface area contributed by atoms with Crippen LogP contribution < -0.4 is 9.64 Å². The maximum Gasteiger partial charge on any atom is 0.258 e. The predicted octanol–water partition coefficient (Wildman–Crippen LogP) is 3.72. The molecule has 0 N–H and O–H groups in total. The van der Waals surface area contributed by atoms with E-state index in [1.54, 1.807) is 17.0 Å². The number of hydrogen-bond acceptors (Lipinski definition) is 4. The standard InChI is InChI=1S/C24H24N2O4S/c1-25(17-18-8-4-3-5-9-18)31(28,29)23-16-20(12-13-22(23)30-2)24(27)26-15-14-19-10-6-7-11-21(19)26/h3-13,16H,14-15,17H2,1-2H3. The monoisotopic (exact) mass is 436 g/mol. The van der Waals surface area contributed by atoms with Crippen LogP contribution in [0.25, 0.3) is 0 Å². The van der Waals surface area contributed by atoms with Crippen molar-refractivity contribution in [3.63, 3.8) is 0 Å². The van der Waals surface area contributed by atoms with Crippen molar-refractivity contribution in [2.45, 2.75) is 17.9 Å². The van der Waals surface area contributed by atoms with Crippen LogP contribution in [-0.4, -0.2) is 39.3 Å². The van der Waals surface area contributed by atoms with Gasteiger partial charge in [0.2, 0.25) is 10.0 Å². The third-order valence-electron chi connectivity index (χ3n) is 5.48. The Labute approximate surface area is 182 Å². The largest absolute Gasteiger partial charge is 0.495 e. The lowest BCUT2D eigenvalue weighted by atomic mass is 10.1. The highest BCUT2D eigenvalue weighted by molar-refractivity contribution is 7.89. The van der Waals surface area contributed by atoms with Crippen LogP contribution >= 0.6 is 0 Å². The van der Waals surface area contributed by atoms with E-state index in [0.717, 1.165) is 23.2 Å². The van der Waals surface area contributed by atoms with Gasteiger partial charge in [0.25, 0.3) is 5.91 Å². The molecular weight excluding hydrogens is 412 g/mol. The van der Waals surface area contributed by atoms with E-state index < -0.39 is 10.0 Å². The van der Waals surface area contributed by atoms with E-state index in [1.165, 1.54) is 24.5 Å². The average molecular weight is 437 g/mol. The van der Waals surface area contributed by atoms with E-state index in [2.05, 4.69) is 0 Å². The molecule has 1 aliphatic rings. The molecule has 0 spiro atoms. The van der Waals surface area contributed by atoms with Gasteiger partial charge in [-0.25, -0.2) is 8.42 Å². The maximum atomic E-state index is 13.3. The third-order valence-corrected chi connectivity index (χ3v) is 7.30. The summed E-state index contributed by atoms with van der Waals surface area (Å²) in [6.07, 6.45) is 0.781. The summed E-state index contributed by atoms with van der Waals surface area (Å²) in [5, 5.41) is 0. The van der Waals surface area contributed by atoms with Crippen molar-refractivity contribution in [2.75, 3.05) is 25.6 Å². The number of nitrogens with zero attached hydrogens (tertiary/aromatic N) is 2. The second-order valence-corrected chi connectivity index (χ2v) is 9.46. The zero-order chi connectivity index (χ0) is 22.0. The normalized spacial score (nSPS) is 13.3. The molecular formula is C24H24N2O4S. The van der Waals surface area contributed by atoms with Gasteiger partial charge in [-0.2, -0.15) is 4.31 Å². The first-order valence-corrected chi connectivity index (χ1v) is 11.4. The van der Waals surface area contributed by atoms with Gasteiger partial charge >= 0.3 is 0 Å². The highest BCUT2D eigenvalue weighted by Crippen LogP contribution is 2.32. The molecule has 0 aliphatic carbocycles. The van der Waals surface area contributed by atoms with Crippen LogP contribution in [0.1, 0.15) is 21.5 Å². The minimum absolute atomic E-state index is 0.0215. The highest BCUT2D eigenvalue weighted by atomic mass is 32.2. The Morgan fingerprint density at radius 2 is 1.74 bits per heavy atom. The molecule has 31 heavy (non-hydrogen) atoms. The lowest BCUT2D eigenvalue weighted by Gasteiger charge is -2.21. The number of sulfonamides is 1. The molecule has 1 heterocycles. The molecule has 0 unspecified atom stereocenters. The minimum Gasteiger partial charge on any atom is -0.495 e. The second kappa shape index (κ2) is 8.53.